The van der Waals surface area contributed by atoms with E-state index in [1.54, 1.807) is 6.92 Å². The zero-order valence-corrected chi connectivity index (χ0v) is 20.6. The van der Waals surface area contributed by atoms with Gasteiger partial charge in [0.05, 0.1) is 59.0 Å². The standard InChI is InChI=1S/C19H38NO13P/c1-4-14(33-34(25,26)27-3)12-30-8-7-28-5-6-29-9-10-31-19-16(20-13(2)22)18(24)17(23)15(11-21)32-19/h14-19,21,23-24H,4-12H2,1-3H3,(H,20,22)(H,25,26)/t14-,15-,16-,17+,18-,19-/m1/s1. The van der Waals surface area contributed by atoms with Crippen LogP contribution in [0.15, 0.2) is 0 Å². The van der Waals surface area contributed by atoms with Crippen LogP contribution < -0.4 is 5.32 Å². The summed E-state index contributed by atoms with van der Waals surface area (Å²) < 4.78 is 47.8. The number of aliphatic hydroxyl groups excluding tert-OH is 3. The maximum Gasteiger partial charge on any atom is 0.472 e. The Kier molecular flexibility index (Phi) is 15.5. The molecule has 1 aliphatic heterocycles. The summed E-state index contributed by atoms with van der Waals surface area (Å²) in [5.74, 6) is -0.436. The molecular weight excluding hydrogens is 481 g/mol. The van der Waals surface area contributed by atoms with Crippen LogP contribution in [0.2, 0.25) is 0 Å². The van der Waals surface area contributed by atoms with Gasteiger partial charge in [0.25, 0.3) is 0 Å². The largest absolute Gasteiger partial charge is 0.472 e. The number of rotatable bonds is 18. The molecule has 5 N–H and O–H groups in total. The molecule has 0 aromatic rings. The Bertz CT molecular complexity index is 613. The van der Waals surface area contributed by atoms with Gasteiger partial charge in [-0.15, -0.1) is 0 Å². The third kappa shape index (κ3) is 11.8. The molecule has 1 fully saturated rings. The van der Waals surface area contributed by atoms with Crippen LogP contribution in [-0.2, 0) is 42.1 Å². The van der Waals surface area contributed by atoms with Gasteiger partial charge in [-0.2, -0.15) is 0 Å². The Morgan fingerprint density at radius 1 is 1.06 bits per heavy atom. The van der Waals surface area contributed by atoms with Crippen molar-refractivity contribution in [3.8, 4) is 0 Å². The fourth-order valence-electron chi connectivity index (χ4n) is 2.94. The van der Waals surface area contributed by atoms with Gasteiger partial charge >= 0.3 is 7.82 Å². The third-order valence-corrected chi connectivity index (χ3v) is 5.80. The molecule has 15 heteroatoms. The number of amides is 1. The van der Waals surface area contributed by atoms with Crippen molar-refractivity contribution in [1.82, 2.24) is 5.32 Å². The maximum atomic E-state index is 11.4. The molecular formula is C19H38NO13P. The number of carbonyl (C=O) groups excluding carboxylic acids is 1. The van der Waals surface area contributed by atoms with E-state index in [2.05, 4.69) is 9.84 Å². The SMILES string of the molecule is CC[C@H](COCCOCCOCCO[C@@H]1O[C@H](CO)[C@H](O)[C@H](O)[C@H]1NC(C)=O)OP(=O)(O)OC. The van der Waals surface area contributed by atoms with E-state index >= 15 is 0 Å². The smallest absolute Gasteiger partial charge is 0.394 e. The average molecular weight is 519 g/mol. The highest BCUT2D eigenvalue weighted by atomic mass is 31.2. The average Bonchev–Trinajstić information content (AvgIpc) is 2.80. The van der Waals surface area contributed by atoms with E-state index in [0.29, 0.717) is 13.0 Å². The highest BCUT2D eigenvalue weighted by Crippen LogP contribution is 2.43. The zero-order chi connectivity index (χ0) is 25.6. The fourth-order valence-corrected chi connectivity index (χ4v) is 3.62. The summed E-state index contributed by atoms with van der Waals surface area (Å²) in [4.78, 5) is 20.7. The normalized spacial score (nSPS) is 27.8. The number of carbonyl (C=O) groups is 1. The number of ether oxygens (including phenoxy) is 5. The molecule has 1 heterocycles. The second-order valence-electron chi connectivity index (χ2n) is 7.39. The van der Waals surface area contributed by atoms with Crippen molar-refractivity contribution < 1.29 is 62.3 Å². The molecule has 1 aliphatic rings. The Labute approximate surface area is 199 Å². The van der Waals surface area contributed by atoms with E-state index in [1.807, 2.05) is 0 Å². The second-order valence-corrected chi connectivity index (χ2v) is 8.90. The summed E-state index contributed by atoms with van der Waals surface area (Å²) in [6.45, 7) is 3.99. The van der Waals surface area contributed by atoms with Crippen molar-refractivity contribution in [3.63, 3.8) is 0 Å². The van der Waals surface area contributed by atoms with Crippen LogP contribution >= 0.6 is 7.82 Å². The molecule has 0 saturated carbocycles. The van der Waals surface area contributed by atoms with E-state index < -0.39 is 57.1 Å². The zero-order valence-electron chi connectivity index (χ0n) is 19.7. The quantitative estimate of drug-likeness (QED) is 0.104. The molecule has 1 rings (SSSR count). The van der Waals surface area contributed by atoms with Crippen LogP contribution in [0.25, 0.3) is 0 Å². The molecule has 202 valence electrons. The monoisotopic (exact) mass is 519 g/mol. The molecule has 1 amide bonds. The third-order valence-electron chi connectivity index (χ3n) is 4.78. The van der Waals surface area contributed by atoms with Crippen molar-refractivity contribution in [3.05, 3.63) is 0 Å². The molecule has 0 aromatic heterocycles. The fraction of sp³-hybridized carbons (Fsp3) is 0.947. The van der Waals surface area contributed by atoms with Gasteiger partial charge in [-0.1, -0.05) is 6.92 Å². The predicted molar refractivity (Wildman–Crippen MR) is 116 cm³/mol. The number of hydrogen-bond acceptors (Lipinski definition) is 12. The summed E-state index contributed by atoms with van der Waals surface area (Å²) in [6.07, 6.45) is -4.97. The number of phosphoric acid groups is 1. The first kappa shape index (κ1) is 31.3. The van der Waals surface area contributed by atoms with Crippen molar-refractivity contribution in [2.24, 2.45) is 0 Å². The molecule has 0 bridgehead atoms. The summed E-state index contributed by atoms with van der Waals surface area (Å²) in [5.41, 5.74) is 0. The van der Waals surface area contributed by atoms with Crippen molar-refractivity contribution in [1.29, 1.82) is 0 Å². The van der Waals surface area contributed by atoms with Crippen molar-refractivity contribution >= 4 is 13.7 Å². The number of hydrogen-bond donors (Lipinski definition) is 5. The highest BCUT2D eigenvalue weighted by Gasteiger charge is 2.45. The van der Waals surface area contributed by atoms with Gasteiger partial charge in [0.15, 0.2) is 6.29 Å². The lowest BCUT2D eigenvalue weighted by Crippen LogP contribution is -2.64. The lowest BCUT2D eigenvalue weighted by molar-refractivity contribution is -0.272. The Hall–Kier alpha value is -0.740. The lowest BCUT2D eigenvalue weighted by atomic mass is 9.97. The Morgan fingerprint density at radius 3 is 2.18 bits per heavy atom. The molecule has 0 aromatic carbocycles. The Balaban J connectivity index is 2.15. The van der Waals surface area contributed by atoms with Gasteiger partial charge in [0.1, 0.15) is 24.4 Å². The molecule has 14 nitrogen and oxygen atoms in total. The molecule has 34 heavy (non-hydrogen) atoms. The molecule has 7 atom stereocenters. The van der Waals surface area contributed by atoms with Gasteiger partial charge < -0.3 is 49.2 Å². The minimum absolute atomic E-state index is 0.0689. The van der Waals surface area contributed by atoms with Crippen molar-refractivity contribution in [2.45, 2.75) is 57.0 Å². The number of nitrogens with one attached hydrogen (secondary N) is 1. The van der Waals surface area contributed by atoms with Crippen LogP contribution in [0.1, 0.15) is 20.3 Å². The minimum atomic E-state index is -4.05. The first-order chi connectivity index (χ1) is 16.1. The maximum absolute atomic E-state index is 11.4. The molecule has 0 spiro atoms. The van der Waals surface area contributed by atoms with Gasteiger partial charge in [-0.3, -0.25) is 13.8 Å². The van der Waals surface area contributed by atoms with Gasteiger partial charge in [0.2, 0.25) is 5.91 Å². The summed E-state index contributed by atoms with van der Waals surface area (Å²) in [6, 6.07) is -1.00. The second kappa shape index (κ2) is 16.8. The lowest BCUT2D eigenvalue weighted by Gasteiger charge is -2.42. The van der Waals surface area contributed by atoms with Gasteiger partial charge in [-0.25, -0.2) is 4.57 Å². The summed E-state index contributed by atoms with van der Waals surface area (Å²) in [7, 11) is -2.97. The van der Waals surface area contributed by atoms with Crippen LogP contribution in [0, 0.1) is 0 Å². The van der Waals surface area contributed by atoms with E-state index in [-0.39, 0.29) is 39.6 Å². The number of aliphatic hydroxyl groups is 3. The van der Waals surface area contributed by atoms with Crippen LogP contribution in [0.3, 0.4) is 0 Å². The first-order valence-corrected chi connectivity index (χ1v) is 12.5. The van der Waals surface area contributed by atoms with Crippen LogP contribution in [-0.4, -0.2) is 123 Å². The van der Waals surface area contributed by atoms with E-state index in [1.165, 1.54) is 6.92 Å². The first-order valence-electron chi connectivity index (χ1n) is 11.0. The predicted octanol–water partition coefficient (Wildman–Crippen LogP) is -1.46. The minimum Gasteiger partial charge on any atom is -0.394 e. The Morgan fingerprint density at radius 2 is 1.65 bits per heavy atom. The summed E-state index contributed by atoms with van der Waals surface area (Å²) in [5, 5.41) is 31.9. The molecule has 0 aliphatic carbocycles. The van der Waals surface area contributed by atoms with Crippen LogP contribution in [0.5, 0.6) is 0 Å². The highest BCUT2D eigenvalue weighted by molar-refractivity contribution is 7.47. The topological polar surface area (TPSA) is 192 Å². The molecule has 0 radical (unpaired) electrons. The van der Waals surface area contributed by atoms with E-state index in [4.69, 9.17) is 28.2 Å². The van der Waals surface area contributed by atoms with Gasteiger partial charge in [-0.05, 0) is 6.42 Å². The van der Waals surface area contributed by atoms with E-state index in [9.17, 15) is 29.6 Å². The van der Waals surface area contributed by atoms with Crippen LogP contribution in [0.4, 0.5) is 0 Å². The molecule has 1 unspecified atom stereocenters. The van der Waals surface area contributed by atoms with E-state index in [0.717, 1.165) is 7.11 Å². The van der Waals surface area contributed by atoms with Gasteiger partial charge in [0, 0.05) is 14.0 Å². The summed E-state index contributed by atoms with van der Waals surface area (Å²) >= 11 is 0. The number of phosphoric ester groups is 1. The van der Waals surface area contributed by atoms with Crippen molar-refractivity contribution in [2.75, 3.05) is 60.0 Å². The molecule has 1 saturated heterocycles.